The number of rotatable bonds is 3. The van der Waals surface area contributed by atoms with Crippen LogP contribution in [0, 0.1) is 13.8 Å². The van der Waals surface area contributed by atoms with Gasteiger partial charge in [0.2, 0.25) is 0 Å². The van der Waals surface area contributed by atoms with Gasteiger partial charge in [-0.25, -0.2) is 4.79 Å². The third kappa shape index (κ3) is 2.36. The van der Waals surface area contributed by atoms with E-state index in [4.69, 9.17) is 13.9 Å². The third-order valence-corrected chi connectivity index (χ3v) is 3.98. The molecule has 0 spiro atoms. The number of methoxy groups -OCH3 is 1. The highest BCUT2D eigenvalue weighted by Crippen LogP contribution is 2.38. The van der Waals surface area contributed by atoms with Crippen LogP contribution in [0.1, 0.15) is 18.1 Å². The van der Waals surface area contributed by atoms with E-state index in [1.165, 1.54) is 0 Å². The van der Waals surface area contributed by atoms with Crippen molar-refractivity contribution in [3.05, 3.63) is 47.5 Å². The maximum absolute atomic E-state index is 11.7. The van der Waals surface area contributed by atoms with Crippen molar-refractivity contribution in [3.8, 4) is 11.5 Å². The quantitative estimate of drug-likeness (QED) is 0.400. The van der Waals surface area contributed by atoms with E-state index in [-0.39, 0.29) is 0 Å². The van der Waals surface area contributed by atoms with Crippen molar-refractivity contribution in [2.45, 2.75) is 20.8 Å². The summed E-state index contributed by atoms with van der Waals surface area (Å²) in [5, 5.41) is 2.00. The largest absolute Gasteiger partial charge is 0.496 e. The van der Waals surface area contributed by atoms with Crippen molar-refractivity contribution < 1.29 is 18.7 Å². The molecule has 0 atom stereocenters. The Balaban J connectivity index is 2.22. The van der Waals surface area contributed by atoms with Crippen LogP contribution in [0.4, 0.5) is 0 Å². The first-order chi connectivity index (χ1) is 10.9. The van der Waals surface area contributed by atoms with E-state index in [1.807, 2.05) is 32.0 Å². The molecule has 0 fully saturated rings. The molecule has 1 aromatic heterocycles. The van der Waals surface area contributed by atoms with E-state index in [0.717, 1.165) is 33.2 Å². The summed E-state index contributed by atoms with van der Waals surface area (Å²) in [6.45, 7) is 9.05. The first-order valence-corrected chi connectivity index (χ1v) is 7.31. The Hall–Kier alpha value is -2.75. The van der Waals surface area contributed by atoms with Crippen LogP contribution >= 0.6 is 0 Å². The zero-order chi connectivity index (χ0) is 16.7. The molecule has 0 aliphatic carbocycles. The van der Waals surface area contributed by atoms with E-state index in [9.17, 15) is 4.79 Å². The third-order valence-electron chi connectivity index (χ3n) is 3.98. The summed E-state index contributed by atoms with van der Waals surface area (Å²) >= 11 is 0. The Kier molecular flexibility index (Phi) is 3.60. The summed E-state index contributed by atoms with van der Waals surface area (Å²) in [7, 11) is 1.64. The second kappa shape index (κ2) is 5.47. The summed E-state index contributed by atoms with van der Waals surface area (Å²) in [6.07, 6.45) is 0. The minimum absolute atomic E-state index is 0.356. The number of furan rings is 1. The van der Waals surface area contributed by atoms with Gasteiger partial charge in [0.1, 0.15) is 22.7 Å². The van der Waals surface area contributed by atoms with Crippen LogP contribution < -0.4 is 9.47 Å². The molecule has 0 N–H and O–H groups in total. The fourth-order valence-corrected chi connectivity index (χ4v) is 2.66. The summed E-state index contributed by atoms with van der Waals surface area (Å²) in [5.74, 6) is 0.818. The van der Waals surface area contributed by atoms with Gasteiger partial charge in [-0.15, -0.1) is 0 Å². The lowest BCUT2D eigenvalue weighted by atomic mass is 10.1. The molecule has 0 radical (unpaired) electrons. The highest BCUT2D eigenvalue weighted by molar-refractivity contribution is 6.08. The van der Waals surface area contributed by atoms with E-state index in [0.29, 0.717) is 16.9 Å². The Bertz CT molecular complexity index is 947. The predicted molar refractivity (Wildman–Crippen MR) is 90.2 cm³/mol. The summed E-state index contributed by atoms with van der Waals surface area (Å²) in [6, 6.07) is 7.59. The first-order valence-electron chi connectivity index (χ1n) is 7.31. The number of hydrogen-bond donors (Lipinski definition) is 0. The van der Waals surface area contributed by atoms with Crippen molar-refractivity contribution in [2.24, 2.45) is 0 Å². The van der Waals surface area contributed by atoms with Gasteiger partial charge in [0, 0.05) is 27.5 Å². The number of ether oxygens (including phenoxy) is 2. The van der Waals surface area contributed by atoms with Crippen molar-refractivity contribution in [2.75, 3.05) is 7.11 Å². The number of carbonyl (C=O) groups is 1. The SMILES string of the molecule is C=C(C)C(=O)Oc1ccc2c(oc3c(C)c(OC)ccc32)c1C. The first kappa shape index (κ1) is 15.2. The number of carbonyl (C=O) groups excluding carboxylic acids is 1. The van der Waals surface area contributed by atoms with Crippen LogP contribution in [0.2, 0.25) is 0 Å². The lowest BCUT2D eigenvalue weighted by Crippen LogP contribution is -2.08. The molecule has 2 aromatic carbocycles. The average Bonchev–Trinajstić information content (AvgIpc) is 2.90. The fraction of sp³-hybridized carbons (Fsp3) is 0.211. The van der Waals surface area contributed by atoms with Gasteiger partial charge in [-0.1, -0.05) is 6.58 Å². The lowest BCUT2D eigenvalue weighted by molar-refractivity contribution is -0.130. The Morgan fingerprint density at radius 1 is 1.00 bits per heavy atom. The number of aryl methyl sites for hydroxylation is 2. The molecule has 118 valence electrons. The van der Waals surface area contributed by atoms with E-state index in [2.05, 4.69) is 6.58 Å². The molecule has 0 aliphatic rings. The monoisotopic (exact) mass is 310 g/mol. The highest BCUT2D eigenvalue weighted by Gasteiger charge is 2.17. The topological polar surface area (TPSA) is 48.7 Å². The molecule has 0 saturated heterocycles. The van der Waals surface area contributed by atoms with Crippen LogP contribution in [0.15, 0.2) is 40.8 Å². The van der Waals surface area contributed by atoms with Crippen molar-refractivity contribution >= 4 is 27.9 Å². The molecule has 0 aliphatic heterocycles. The highest BCUT2D eigenvalue weighted by atomic mass is 16.5. The molecule has 3 rings (SSSR count). The van der Waals surface area contributed by atoms with Gasteiger partial charge >= 0.3 is 5.97 Å². The van der Waals surface area contributed by atoms with Gasteiger partial charge in [0.15, 0.2) is 0 Å². The molecule has 4 heteroatoms. The Labute approximate surface area is 134 Å². The van der Waals surface area contributed by atoms with Crippen LogP contribution in [0.5, 0.6) is 11.5 Å². The number of esters is 1. The van der Waals surface area contributed by atoms with E-state index < -0.39 is 5.97 Å². The van der Waals surface area contributed by atoms with Crippen LogP contribution in [0.3, 0.4) is 0 Å². The van der Waals surface area contributed by atoms with Crippen LogP contribution in [-0.4, -0.2) is 13.1 Å². The molecule has 0 bridgehead atoms. The zero-order valence-electron chi connectivity index (χ0n) is 13.6. The van der Waals surface area contributed by atoms with Crippen molar-refractivity contribution in [1.29, 1.82) is 0 Å². The van der Waals surface area contributed by atoms with Gasteiger partial charge in [-0.05, 0) is 45.0 Å². The van der Waals surface area contributed by atoms with Crippen molar-refractivity contribution in [1.82, 2.24) is 0 Å². The number of hydrogen-bond acceptors (Lipinski definition) is 4. The Morgan fingerprint density at radius 3 is 2.04 bits per heavy atom. The van der Waals surface area contributed by atoms with E-state index in [1.54, 1.807) is 20.1 Å². The Morgan fingerprint density at radius 2 is 1.52 bits per heavy atom. The summed E-state index contributed by atoms with van der Waals surface area (Å²) in [5.41, 5.74) is 3.58. The van der Waals surface area contributed by atoms with Gasteiger partial charge in [-0.3, -0.25) is 0 Å². The lowest BCUT2D eigenvalue weighted by Gasteiger charge is -2.07. The predicted octanol–water partition coefficient (Wildman–Crippen LogP) is 4.69. The van der Waals surface area contributed by atoms with Crippen molar-refractivity contribution in [3.63, 3.8) is 0 Å². The molecule has 3 aromatic rings. The normalized spacial score (nSPS) is 11.0. The zero-order valence-corrected chi connectivity index (χ0v) is 13.6. The van der Waals surface area contributed by atoms with Gasteiger partial charge in [0.25, 0.3) is 0 Å². The minimum Gasteiger partial charge on any atom is -0.496 e. The number of benzene rings is 2. The van der Waals surface area contributed by atoms with Crippen LogP contribution in [0.25, 0.3) is 21.9 Å². The minimum atomic E-state index is -0.443. The molecular weight excluding hydrogens is 292 g/mol. The molecule has 23 heavy (non-hydrogen) atoms. The molecule has 4 nitrogen and oxygen atoms in total. The molecule has 0 saturated carbocycles. The molecule has 1 heterocycles. The molecule has 0 unspecified atom stereocenters. The summed E-state index contributed by atoms with van der Waals surface area (Å²) < 4.78 is 16.8. The van der Waals surface area contributed by atoms with Gasteiger partial charge < -0.3 is 13.9 Å². The molecule has 0 amide bonds. The smallest absolute Gasteiger partial charge is 0.338 e. The molecular formula is C19H18O4. The average molecular weight is 310 g/mol. The van der Waals surface area contributed by atoms with Crippen LogP contribution in [-0.2, 0) is 4.79 Å². The maximum Gasteiger partial charge on any atom is 0.338 e. The van der Waals surface area contributed by atoms with Gasteiger partial charge in [0.05, 0.1) is 7.11 Å². The summed E-state index contributed by atoms with van der Waals surface area (Å²) in [4.78, 5) is 11.7. The fourth-order valence-electron chi connectivity index (χ4n) is 2.66. The second-order valence-corrected chi connectivity index (χ2v) is 5.61. The number of fused-ring (bicyclic) bond motifs is 3. The van der Waals surface area contributed by atoms with Gasteiger partial charge in [-0.2, -0.15) is 0 Å². The second-order valence-electron chi connectivity index (χ2n) is 5.61. The standard InChI is InChI=1S/C19H18O4/c1-10(2)19(20)22-16-9-7-14-13-6-8-15(21-5)11(3)17(13)23-18(14)12(16)4/h6-9H,1H2,2-5H3. The van der Waals surface area contributed by atoms with E-state index >= 15 is 0 Å². The maximum atomic E-state index is 11.7.